The molecule has 2 aliphatic rings. The van der Waals surface area contributed by atoms with E-state index in [1.807, 2.05) is 12.1 Å². The van der Waals surface area contributed by atoms with Crippen LogP contribution < -0.4 is 10.6 Å². The summed E-state index contributed by atoms with van der Waals surface area (Å²) in [7, 11) is 0. The van der Waals surface area contributed by atoms with Gasteiger partial charge in [0.15, 0.2) is 0 Å². The Bertz CT molecular complexity index is 635. The van der Waals surface area contributed by atoms with Crippen LogP contribution in [0.5, 0.6) is 0 Å². The van der Waals surface area contributed by atoms with Gasteiger partial charge in [-0.05, 0) is 50.0 Å². The van der Waals surface area contributed by atoms with Gasteiger partial charge in [0.2, 0.25) is 0 Å². The topological polar surface area (TPSA) is 58.9 Å². The fourth-order valence-corrected chi connectivity index (χ4v) is 2.89. The Morgan fingerprint density at radius 2 is 2.37 bits per heavy atom. The molecule has 1 aromatic carbocycles. The van der Waals surface area contributed by atoms with Crippen molar-refractivity contribution in [2.75, 3.05) is 6.61 Å². The van der Waals surface area contributed by atoms with Gasteiger partial charge in [0, 0.05) is 5.22 Å². The Kier molecular flexibility index (Phi) is 3.11. The zero-order valence-electron chi connectivity index (χ0n) is 10.9. The zero-order valence-corrected chi connectivity index (χ0v) is 10.9. The van der Waals surface area contributed by atoms with Crippen molar-refractivity contribution in [3.63, 3.8) is 0 Å². The molecule has 1 N–H and O–H groups in total. The van der Waals surface area contributed by atoms with Crippen molar-refractivity contribution in [2.45, 2.75) is 38.3 Å². The molecule has 0 bridgehead atoms. The van der Waals surface area contributed by atoms with E-state index in [1.54, 1.807) is 13.0 Å². The summed E-state index contributed by atoms with van der Waals surface area (Å²) in [4.78, 5) is 16.3. The monoisotopic (exact) mass is 259 g/mol. The highest BCUT2D eigenvalue weighted by Crippen LogP contribution is 2.27. The molecule has 0 spiro atoms. The molecule has 0 radical (unpaired) electrons. The molecular formula is C15H17NO3. The molecule has 1 aliphatic heterocycles. The summed E-state index contributed by atoms with van der Waals surface area (Å²) in [5, 5.41) is 11.9. The Labute approximate surface area is 111 Å². The fraction of sp³-hybridized carbons (Fsp3) is 0.467. The van der Waals surface area contributed by atoms with Gasteiger partial charge >= 0.3 is 5.97 Å². The van der Waals surface area contributed by atoms with Crippen LogP contribution >= 0.6 is 0 Å². The van der Waals surface area contributed by atoms with Crippen LogP contribution in [0.25, 0.3) is 5.57 Å². The van der Waals surface area contributed by atoms with Crippen LogP contribution in [-0.2, 0) is 4.74 Å². The van der Waals surface area contributed by atoms with Crippen molar-refractivity contribution in [3.05, 3.63) is 34.3 Å². The second kappa shape index (κ2) is 4.78. The van der Waals surface area contributed by atoms with E-state index in [-0.39, 0.29) is 18.1 Å². The molecule has 1 saturated carbocycles. The van der Waals surface area contributed by atoms with E-state index in [0.29, 0.717) is 12.2 Å². The number of fused-ring (bicyclic) bond motifs is 2. The minimum atomic E-state index is -0.387. The van der Waals surface area contributed by atoms with E-state index in [2.05, 4.69) is 4.99 Å². The van der Waals surface area contributed by atoms with Crippen LogP contribution in [-0.4, -0.2) is 29.8 Å². The normalized spacial score (nSPS) is 24.4. The van der Waals surface area contributed by atoms with Crippen molar-refractivity contribution in [2.24, 2.45) is 4.99 Å². The predicted octanol–water partition coefficient (Wildman–Crippen LogP) is 0.561. The van der Waals surface area contributed by atoms with Gasteiger partial charge < -0.3 is 9.84 Å². The lowest BCUT2D eigenvalue weighted by Crippen LogP contribution is -2.30. The Morgan fingerprint density at radius 3 is 3.16 bits per heavy atom. The highest BCUT2D eigenvalue weighted by molar-refractivity contribution is 5.89. The van der Waals surface area contributed by atoms with E-state index in [1.165, 1.54) is 5.57 Å². The summed E-state index contributed by atoms with van der Waals surface area (Å²) in [5.74, 6) is -0.300. The van der Waals surface area contributed by atoms with Crippen LogP contribution in [0.3, 0.4) is 0 Å². The zero-order chi connectivity index (χ0) is 13.4. The summed E-state index contributed by atoms with van der Waals surface area (Å²) >= 11 is 0. The van der Waals surface area contributed by atoms with Gasteiger partial charge in [-0.2, -0.15) is 0 Å². The van der Waals surface area contributed by atoms with Crippen molar-refractivity contribution in [1.82, 2.24) is 0 Å². The van der Waals surface area contributed by atoms with E-state index in [0.717, 1.165) is 29.8 Å². The number of hydrogen-bond donors (Lipinski definition) is 1. The summed E-state index contributed by atoms with van der Waals surface area (Å²) in [6.45, 7) is 2.17. The molecule has 2 atom stereocenters. The number of carbonyl (C=O) groups is 1. The van der Waals surface area contributed by atoms with Gasteiger partial charge in [0.1, 0.15) is 0 Å². The summed E-state index contributed by atoms with van der Waals surface area (Å²) < 4.78 is 5.02. The second-order valence-corrected chi connectivity index (χ2v) is 5.01. The number of carbonyl (C=O) groups excluding carboxylic acids is 1. The first-order valence-electron chi connectivity index (χ1n) is 6.77. The number of aliphatic hydroxyl groups is 1. The number of aliphatic hydroxyl groups excluding tert-OH is 1. The van der Waals surface area contributed by atoms with Crippen LogP contribution in [0.1, 0.15) is 36.5 Å². The number of rotatable bonds is 2. The van der Waals surface area contributed by atoms with Gasteiger partial charge in [0.05, 0.1) is 29.7 Å². The molecule has 3 rings (SSSR count). The third-order valence-corrected chi connectivity index (χ3v) is 3.80. The summed E-state index contributed by atoms with van der Waals surface area (Å²) in [5.41, 5.74) is 1.73. The molecule has 0 aromatic heterocycles. The molecule has 19 heavy (non-hydrogen) atoms. The lowest BCUT2D eigenvalue weighted by atomic mass is 9.88. The second-order valence-electron chi connectivity index (χ2n) is 5.01. The lowest BCUT2D eigenvalue weighted by Gasteiger charge is -2.24. The summed E-state index contributed by atoms with van der Waals surface area (Å²) in [6.07, 6.45) is 2.34. The number of nitrogens with zero attached hydrogens (tertiary/aromatic N) is 1. The van der Waals surface area contributed by atoms with Crippen molar-refractivity contribution in [1.29, 1.82) is 0 Å². The Balaban J connectivity index is 2.08. The maximum Gasteiger partial charge on any atom is 0.338 e. The highest BCUT2D eigenvalue weighted by Gasteiger charge is 2.30. The standard InChI is InChI=1S/C15H17NO3/c1-2-19-15(18)9-6-7-12-11(8-9)10-4-3-5-13(17)14(10)16-12/h6-8,13-14,17H,2-5H2,1H3/t13-,14-/m0/s1. The molecule has 100 valence electrons. The fourth-order valence-electron chi connectivity index (χ4n) is 2.89. The number of benzene rings is 1. The quantitative estimate of drug-likeness (QED) is 0.790. The van der Waals surface area contributed by atoms with Gasteiger partial charge in [-0.1, -0.05) is 0 Å². The van der Waals surface area contributed by atoms with E-state index in [4.69, 9.17) is 4.74 Å². The lowest BCUT2D eigenvalue weighted by molar-refractivity contribution is 0.0526. The predicted molar refractivity (Wildman–Crippen MR) is 70.2 cm³/mol. The largest absolute Gasteiger partial charge is 0.462 e. The highest BCUT2D eigenvalue weighted by atomic mass is 16.5. The number of ether oxygens (including phenoxy) is 1. The third-order valence-electron chi connectivity index (χ3n) is 3.80. The minimum Gasteiger partial charge on any atom is -0.462 e. The first kappa shape index (κ1) is 12.4. The Hall–Kier alpha value is -1.68. The SMILES string of the molecule is CCOC(=O)c1ccc2c(c1)=C1CCC[C@H](O)[C@H]1N=2. The molecule has 1 fully saturated rings. The number of esters is 1. The molecule has 0 amide bonds. The molecule has 4 nitrogen and oxygen atoms in total. The number of hydrogen-bond acceptors (Lipinski definition) is 4. The van der Waals surface area contributed by atoms with E-state index in [9.17, 15) is 9.90 Å². The van der Waals surface area contributed by atoms with Crippen LogP contribution in [0.15, 0.2) is 23.2 Å². The van der Waals surface area contributed by atoms with Crippen molar-refractivity contribution >= 4 is 11.5 Å². The van der Waals surface area contributed by atoms with Gasteiger partial charge in [-0.25, -0.2) is 4.79 Å². The average molecular weight is 259 g/mol. The van der Waals surface area contributed by atoms with Gasteiger partial charge in [-0.15, -0.1) is 0 Å². The van der Waals surface area contributed by atoms with Crippen molar-refractivity contribution < 1.29 is 14.6 Å². The van der Waals surface area contributed by atoms with E-state index < -0.39 is 0 Å². The van der Waals surface area contributed by atoms with Crippen LogP contribution in [0.4, 0.5) is 0 Å². The minimum absolute atomic E-state index is 0.110. The van der Waals surface area contributed by atoms with E-state index >= 15 is 0 Å². The van der Waals surface area contributed by atoms with Gasteiger partial charge in [0.25, 0.3) is 0 Å². The first-order valence-corrected chi connectivity index (χ1v) is 6.77. The van der Waals surface area contributed by atoms with Gasteiger partial charge in [-0.3, -0.25) is 4.99 Å². The summed E-state index contributed by atoms with van der Waals surface area (Å²) in [6, 6.07) is 5.33. The van der Waals surface area contributed by atoms with Crippen LogP contribution in [0.2, 0.25) is 0 Å². The molecular weight excluding hydrogens is 242 g/mol. The maximum absolute atomic E-state index is 11.8. The molecule has 4 heteroatoms. The maximum atomic E-state index is 11.8. The third kappa shape index (κ3) is 2.06. The molecule has 1 heterocycles. The molecule has 1 aliphatic carbocycles. The van der Waals surface area contributed by atoms with Crippen molar-refractivity contribution in [3.8, 4) is 0 Å². The smallest absolute Gasteiger partial charge is 0.338 e. The Morgan fingerprint density at radius 1 is 1.53 bits per heavy atom. The van der Waals surface area contributed by atoms with Crippen LogP contribution in [0, 0.1) is 0 Å². The first-order chi connectivity index (χ1) is 9.20. The average Bonchev–Trinajstić information content (AvgIpc) is 2.78. The molecule has 1 aromatic rings. The molecule has 0 saturated heterocycles. The molecule has 0 unspecified atom stereocenters.